The molecule has 5 heteroatoms. The summed E-state index contributed by atoms with van der Waals surface area (Å²) in [5, 5.41) is 41.5. The minimum Gasteiger partial charge on any atom is -0.396 e. The van der Waals surface area contributed by atoms with Gasteiger partial charge in [0, 0.05) is 6.61 Å². The molecular formula is C11H26O5. The fraction of sp³-hybridized carbons (Fsp3) is 1.00. The quantitative estimate of drug-likeness (QED) is 0.372. The molecule has 0 aromatic heterocycles. The highest BCUT2D eigenvalue weighted by Gasteiger charge is 1.98. The van der Waals surface area contributed by atoms with Gasteiger partial charge in [-0.3, -0.25) is 0 Å². The molecule has 1 atom stereocenters. The zero-order chi connectivity index (χ0) is 12.8. The van der Waals surface area contributed by atoms with E-state index in [1.807, 2.05) is 6.92 Å². The Hall–Kier alpha value is -0.200. The van der Waals surface area contributed by atoms with Gasteiger partial charge in [-0.1, -0.05) is 19.8 Å². The third-order valence-electron chi connectivity index (χ3n) is 2.09. The van der Waals surface area contributed by atoms with Crippen LogP contribution in [0.3, 0.4) is 0 Å². The van der Waals surface area contributed by atoms with Crippen molar-refractivity contribution in [1.29, 1.82) is 0 Å². The number of hydrogen-bond acceptors (Lipinski definition) is 5. The summed E-state index contributed by atoms with van der Waals surface area (Å²) < 4.78 is 0. The van der Waals surface area contributed by atoms with Crippen LogP contribution in [0.4, 0.5) is 0 Å². The predicted molar refractivity (Wildman–Crippen MR) is 62.0 cm³/mol. The zero-order valence-electron chi connectivity index (χ0n) is 10.0. The highest BCUT2D eigenvalue weighted by molar-refractivity contribution is 4.52. The van der Waals surface area contributed by atoms with Crippen molar-refractivity contribution in [2.45, 2.75) is 51.2 Å². The van der Waals surface area contributed by atoms with Crippen molar-refractivity contribution in [3.63, 3.8) is 0 Å². The van der Waals surface area contributed by atoms with Crippen LogP contribution in [-0.4, -0.2) is 57.6 Å². The molecule has 0 aliphatic heterocycles. The number of aliphatic hydroxyl groups is 5. The lowest BCUT2D eigenvalue weighted by atomic mass is 10.1. The minimum absolute atomic E-state index is 0.126. The Kier molecular flexibility index (Phi) is 16.8. The summed E-state index contributed by atoms with van der Waals surface area (Å²) >= 11 is 0. The van der Waals surface area contributed by atoms with Gasteiger partial charge >= 0.3 is 0 Å². The first-order valence-electron chi connectivity index (χ1n) is 5.81. The Morgan fingerprint density at radius 1 is 0.812 bits per heavy atom. The summed E-state index contributed by atoms with van der Waals surface area (Å²) in [4.78, 5) is 0. The van der Waals surface area contributed by atoms with Gasteiger partial charge in [-0.15, -0.1) is 0 Å². The molecule has 5 nitrogen and oxygen atoms in total. The van der Waals surface area contributed by atoms with Crippen molar-refractivity contribution in [2.24, 2.45) is 0 Å². The van der Waals surface area contributed by atoms with Crippen LogP contribution in [0.1, 0.15) is 39.0 Å². The van der Waals surface area contributed by atoms with Crippen molar-refractivity contribution in [3.8, 4) is 0 Å². The van der Waals surface area contributed by atoms with Crippen LogP contribution in [0, 0.1) is 0 Å². The molecule has 0 aliphatic carbocycles. The molecule has 0 aromatic rings. The first kappa shape index (κ1) is 18.2. The van der Waals surface area contributed by atoms with Crippen molar-refractivity contribution in [3.05, 3.63) is 0 Å². The Morgan fingerprint density at radius 3 is 1.69 bits per heavy atom. The van der Waals surface area contributed by atoms with Crippen LogP contribution in [0.5, 0.6) is 0 Å². The summed E-state index contributed by atoms with van der Waals surface area (Å²) in [5.41, 5.74) is 0. The lowest BCUT2D eigenvalue weighted by Gasteiger charge is -2.05. The molecule has 0 saturated heterocycles. The van der Waals surface area contributed by atoms with E-state index in [9.17, 15) is 0 Å². The molecule has 100 valence electrons. The Bertz CT molecular complexity index is 117. The normalized spacial score (nSPS) is 12.2. The third kappa shape index (κ3) is 16.2. The number of aliphatic hydroxyl groups excluding tert-OH is 5. The summed E-state index contributed by atoms with van der Waals surface area (Å²) in [5.74, 6) is 0. The smallest absolute Gasteiger partial charge is 0.100 e. The van der Waals surface area contributed by atoms with E-state index in [4.69, 9.17) is 25.5 Å². The van der Waals surface area contributed by atoms with Gasteiger partial charge in [-0.2, -0.15) is 0 Å². The van der Waals surface area contributed by atoms with Crippen LogP contribution in [-0.2, 0) is 0 Å². The lowest BCUT2D eigenvalue weighted by molar-refractivity contribution is 0.0450. The highest BCUT2D eigenvalue weighted by atomic mass is 16.3. The molecular weight excluding hydrogens is 212 g/mol. The van der Waals surface area contributed by atoms with Gasteiger partial charge in [0.05, 0.1) is 19.3 Å². The molecule has 5 N–H and O–H groups in total. The second kappa shape index (κ2) is 14.8. The van der Waals surface area contributed by atoms with Gasteiger partial charge in [0.15, 0.2) is 0 Å². The Labute approximate surface area is 97.4 Å². The average molecular weight is 238 g/mol. The molecule has 16 heavy (non-hydrogen) atoms. The topological polar surface area (TPSA) is 101 Å². The molecule has 0 aromatic carbocycles. The standard InChI is InChI=1S/C8H18O2.C3H8O3/c1-2-8(10)6-4-3-5-7-9;4-1-3(6)2-5/h8-10H,2-7H2,1H3;3-6H,1-2H2. The summed E-state index contributed by atoms with van der Waals surface area (Å²) in [6.07, 6.45) is 3.60. The maximum Gasteiger partial charge on any atom is 0.100 e. The zero-order valence-corrected chi connectivity index (χ0v) is 10.0. The highest BCUT2D eigenvalue weighted by Crippen LogP contribution is 2.05. The Morgan fingerprint density at radius 2 is 1.38 bits per heavy atom. The van der Waals surface area contributed by atoms with Crippen molar-refractivity contribution < 1.29 is 25.5 Å². The second-order valence-corrected chi connectivity index (χ2v) is 3.65. The van der Waals surface area contributed by atoms with E-state index in [1.54, 1.807) is 0 Å². The molecule has 0 saturated carbocycles. The van der Waals surface area contributed by atoms with E-state index in [0.717, 1.165) is 32.1 Å². The molecule has 0 amide bonds. The molecule has 0 aliphatic rings. The number of hydrogen-bond donors (Lipinski definition) is 5. The summed E-state index contributed by atoms with van der Waals surface area (Å²) in [6.45, 7) is 1.53. The van der Waals surface area contributed by atoms with Gasteiger partial charge in [0.2, 0.25) is 0 Å². The average Bonchev–Trinajstić information content (AvgIpc) is 2.34. The summed E-state index contributed by atoms with van der Waals surface area (Å²) in [7, 11) is 0. The van der Waals surface area contributed by atoms with E-state index < -0.39 is 6.10 Å². The van der Waals surface area contributed by atoms with E-state index in [-0.39, 0.29) is 25.9 Å². The molecule has 0 fully saturated rings. The van der Waals surface area contributed by atoms with Gasteiger partial charge < -0.3 is 25.5 Å². The van der Waals surface area contributed by atoms with Crippen molar-refractivity contribution in [2.75, 3.05) is 19.8 Å². The van der Waals surface area contributed by atoms with E-state index >= 15 is 0 Å². The largest absolute Gasteiger partial charge is 0.396 e. The van der Waals surface area contributed by atoms with Crippen molar-refractivity contribution >= 4 is 0 Å². The SMILES string of the molecule is CCC(O)CCCCCO.OCC(O)CO. The van der Waals surface area contributed by atoms with Crippen LogP contribution >= 0.6 is 0 Å². The molecule has 0 rings (SSSR count). The first-order chi connectivity index (χ1) is 7.62. The second-order valence-electron chi connectivity index (χ2n) is 3.65. The fourth-order valence-corrected chi connectivity index (χ4v) is 0.930. The van der Waals surface area contributed by atoms with Gasteiger partial charge in [0.25, 0.3) is 0 Å². The van der Waals surface area contributed by atoms with Crippen molar-refractivity contribution in [1.82, 2.24) is 0 Å². The fourth-order valence-electron chi connectivity index (χ4n) is 0.930. The minimum atomic E-state index is -0.954. The molecule has 1 unspecified atom stereocenters. The maximum absolute atomic E-state index is 9.09. The monoisotopic (exact) mass is 238 g/mol. The molecule has 0 radical (unpaired) electrons. The lowest BCUT2D eigenvalue weighted by Crippen LogP contribution is -2.15. The van der Waals surface area contributed by atoms with Gasteiger partial charge in [-0.05, 0) is 19.3 Å². The van der Waals surface area contributed by atoms with Crippen LogP contribution in [0.15, 0.2) is 0 Å². The van der Waals surface area contributed by atoms with E-state index in [1.165, 1.54) is 0 Å². The maximum atomic E-state index is 9.09. The van der Waals surface area contributed by atoms with Crippen LogP contribution < -0.4 is 0 Å². The number of rotatable bonds is 8. The molecule has 0 spiro atoms. The molecule has 0 heterocycles. The summed E-state index contributed by atoms with van der Waals surface area (Å²) in [6, 6.07) is 0. The molecule has 0 bridgehead atoms. The van der Waals surface area contributed by atoms with Gasteiger partial charge in [-0.25, -0.2) is 0 Å². The first-order valence-corrected chi connectivity index (χ1v) is 5.81. The third-order valence-corrected chi connectivity index (χ3v) is 2.09. The predicted octanol–water partition coefficient (Wildman–Crippen LogP) is -0.358. The number of unbranched alkanes of at least 4 members (excludes halogenated alkanes) is 2. The van der Waals surface area contributed by atoms with Crippen LogP contribution in [0.2, 0.25) is 0 Å². The van der Waals surface area contributed by atoms with E-state index in [0.29, 0.717) is 0 Å². The Balaban J connectivity index is 0. The van der Waals surface area contributed by atoms with Gasteiger partial charge in [0.1, 0.15) is 6.10 Å². The van der Waals surface area contributed by atoms with E-state index in [2.05, 4.69) is 0 Å². The van der Waals surface area contributed by atoms with Crippen LogP contribution in [0.25, 0.3) is 0 Å².